The first kappa shape index (κ1) is 15.5. The Bertz CT molecular complexity index is 384. The van der Waals surface area contributed by atoms with Crippen LogP contribution in [0.2, 0.25) is 0 Å². The van der Waals surface area contributed by atoms with E-state index in [-0.39, 0.29) is 6.04 Å². The Balaban J connectivity index is 2.08. The predicted octanol–water partition coefficient (Wildman–Crippen LogP) is 2.45. The van der Waals surface area contributed by atoms with Crippen molar-refractivity contribution in [3.8, 4) is 0 Å². The SMILES string of the molecule is CC1CCCN(S(=O)(=O)N(CCCCl)C2CCC2)C1. The van der Waals surface area contributed by atoms with Crippen LogP contribution in [0.4, 0.5) is 0 Å². The highest BCUT2D eigenvalue weighted by Crippen LogP contribution is 2.30. The van der Waals surface area contributed by atoms with E-state index in [4.69, 9.17) is 11.6 Å². The number of hydrogen-bond acceptors (Lipinski definition) is 2. The molecule has 2 rings (SSSR count). The minimum Gasteiger partial charge on any atom is -0.195 e. The Morgan fingerprint density at radius 3 is 2.53 bits per heavy atom. The van der Waals surface area contributed by atoms with Gasteiger partial charge in [-0.3, -0.25) is 0 Å². The molecule has 6 heteroatoms. The summed E-state index contributed by atoms with van der Waals surface area (Å²) >= 11 is 5.74. The molecule has 0 aromatic heterocycles. The van der Waals surface area contributed by atoms with Gasteiger partial charge in [0.2, 0.25) is 0 Å². The van der Waals surface area contributed by atoms with E-state index in [9.17, 15) is 8.42 Å². The van der Waals surface area contributed by atoms with Crippen LogP contribution in [0.5, 0.6) is 0 Å². The first-order valence-corrected chi connectivity index (χ1v) is 9.31. The maximum absolute atomic E-state index is 12.8. The molecule has 0 aromatic carbocycles. The highest BCUT2D eigenvalue weighted by Gasteiger charge is 2.38. The molecule has 0 spiro atoms. The number of hydrogen-bond donors (Lipinski definition) is 0. The van der Waals surface area contributed by atoms with E-state index < -0.39 is 10.2 Å². The predicted molar refractivity (Wildman–Crippen MR) is 78.6 cm³/mol. The molecule has 1 aliphatic carbocycles. The zero-order valence-electron chi connectivity index (χ0n) is 11.7. The second-order valence-corrected chi connectivity index (χ2v) is 8.11. The van der Waals surface area contributed by atoms with Crippen LogP contribution in [0.25, 0.3) is 0 Å². The van der Waals surface area contributed by atoms with E-state index in [1.54, 1.807) is 8.61 Å². The highest BCUT2D eigenvalue weighted by atomic mass is 35.5. The van der Waals surface area contributed by atoms with Crippen LogP contribution in [0, 0.1) is 5.92 Å². The molecule has 112 valence electrons. The maximum atomic E-state index is 12.8. The first-order valence-electron chi connectivity index (χ1n) is 7.38. The van der Waals surface area contributed by atoms with Crippen molar-refractivity contribution in [1.82, 2.24) is 8.61 Å². The quantitative estimate of drug-likeness (QED) is 0.707. The van der Waals surface area contributed by atoms with Crippen LogP contribution >= 0.6 is 11.6 Å². The van der Waals surface area contributed by atoms with Crippen LogP contribution in [-0.4, -0.2) is 48.6 Å². The lowest BCUT2D eigenvalue weighted by molar-refractivity contribution is 0.191. The van der Waals surface area contributed by atoms with E-state index in [1.165, 1.54) is 0 Å². The molecule has 0 amide bonds. The fraction of sp³-hybridized carbons (Fsp3) is 1.00. The molecule has 0 radical (unpaired) electrons. The number of nitrogens with zero attached hydrogens (tertiary/aromatic N) is 2. The molecule has 1 aliphatic heterocycles. The second kappa shape index (κ2) is 6.74. The third-order valence-corrected chi connectivity index (χ3v) is 6.56. The van der Waals surface area contributed by atoms with Crippen LogP contribution in [0.3, 0.4) is 0 Å². The molecule has 2 aliphatic rings. The third-order valence-electron chi connectivity index (χ3n) is 4.24. The summed E-state index contributed by atoms with van der Waals surface area (Å²) in [5, 5.41) is 0. The van der Waals surface area contributed by atoms with Crippen molar-refractivity contribution < 1.29 is 8.42 Å². The fourth-order valence-electron chi connectivity index (χ4n) is 2.88. The number of piperidine rings is 1. The lowest BCUT2D eigenvalue weighted by atomic mass is 9.93. The molecule has 1 heterocycles. The molecule has 2 fully saturated rings. The van der Waals surface area contributed by atoms with Crippen LogP contribution < -0.4 is 0 Å². The van der Waals surface area contributed by atoms with Gasteiger partial charge in [0, 0.05) is 31.6 Å². The Morgan fingerprint density at radius 1 is 1.26 bits per heavy atom. The first-order chi connectivity index (χ1) is 9.05. The maximum Gasteiger partial charge on any atom is 0.282 e. The third kappa shape index (κ3) is 3.63. The Morgan fingerprint density at radius 2 is 2.00 bits per heavy atom. The molecule has 0 N–H and O–H groups in total. The standard InChI is InChI=1S/C13H25ClN2O2S/c1-12-5-3-9-15(11-12)19(17,18)16(10-4-8-14)13-6-2-7-13/h12-13H,2-11H2,1H3. The van der Waals surface area contributed by atoms with Gasteiger partial charge in [0.1, 0.15) is 0 Å². The summed E-state index contributed by atoms with van der Waals surface area (Å²) in [6.45, 7) is 4.05. The van der Waals surface area contributed by atoms with Gasteiger partial charge in [-0.25, -0.2) is 0 Å². The van der Waals surface area contributed by atoms with Gasteiger partial charge in [-0.15, -0.1) is 11.6 Å². The van der Waals surface area contributed by atoms with Gasteiger partial charge >= 0.3 is 0 Å². The van der Waals surface area contributed by atoms with Gasteiger partial charge in [-0.1, -0.05) is 13.3 Å². The van der Waals surface area contributed by atoms with Crippen molar-refractivity contribution in [2.24, 2.45) is 5.92 Å². The Labute approximate surface area is 122 Å². The summed E-state index contributed by atoms with van der Waals surface area (Å²) in [6.07, 6.45) is 6.01. The van der Waals surface area contributed by atoms with Gasteiger partial charge in [0.15, 0.2) is 0 Å². The molecule has 1 unspecified atom stereocenters. The van der Waals surface area contributed by atoms with Crippen LogP contribution in [0.1, 0.15) is 45.4 Å². The van der Waals surface area contributed by atoms with Crippen molar-refractivity contribution in [2.45, 2.75) is 51.5 Å². The Kier molecular flexibility index (Phi) is 5.52. The number of rotatable bonds is 6. The summed E-state index contributed by atoms with van der Waals surface area (Å²) in [5.41, 5.74) is 0. The summed E-state index contributed by atoms with van der Waals surface area (Å²) in [7, 11) is -3.28. The lowest BCUT2D eigenvalue weighted by Crippen LogP contribution is -2.53. The van der Waals surface area contributed by atoms with Gasteiger partial charge < -0.3 is 0 Å². The average Bonchev–Trinajstić information content (AvgIpc) is 2.31. The number of halogens is 1. The molecular weight excluding hydrogens is 284 g/mol. The summed E-state index contributed by atoms with van der Waals surface area (Å²) in [5.74, 6) is 0.995. The summed E-state index contributed by atoms with van der Waals surface area (Å²) < 4.78 is 29.0. The largest absolute Gasteiger partial charge is 0.282 e. The van der Waals surface area contributed by atoms with Gasteiger partial charge in [-0.05, 0) is 38.0 Å². The molecular formula is C13H25ClN2O2S. The normalized spacial score (nSPS) is 26.6. The van der Waals surface area contributed by atoms with E-state index in [0.717, 1.165) is 38.5 Å². The van der Waals surface area contributed by atoms with Crippen LogP contribution in [0.15, 0.2) is 0 Å². The smallest absolute Gasteiger partial charge is 0.195 e. The zero-order valence-corrected chi connectivity index (χ0v) is 13.3. The summed E-state index contributed by atoms with van der Waals surface area (Å²) in [6, 6.07) is 0.213. The molecule has 1 atom stereocenters. The van der Waals surface area contributed by atoms with Gasteiger partial charge in [0.25, 0.3) is 10.2 Å². The minimum absolute atomic E-state index is 0.213. The second-order valence-electron chi connectivity index (χ2n) is 5.85. The van der Waals surface area contributed by atoms with Crippen LogP contribution in [-0.2, 0) is 10.2 Å². The van der Waals surface area contributed by atoms with Crippen molar-refractivity contribution >= 4 is 21.8 Å². The summed E-state index contributed by atoms with van der Waals surface area (Å²) in [4.78, 5) is 0. The lowest BCUT2D eigenvalue weighted by Gasteiger charge is -2.41. The van der Waals surface area contributed by atoms with E-state index in [0.29, 0.717) is 31.4 Å². The average molecular weight is 309 g/mol. The number of alkyl halides is 1. The monoisotopic (exact) mass is 308 g/mol. The van der Waals surface area contributed by atoms with E-state index in [2.05, 4.69) is 6.92 Å². The molecule has 4 nitrogen and oxygen atoms in total. The van der Waals surface area contributed by atoms with Crippen molar-refractivity contribution in [1.29, 1.82) is 0 Å². The topological polar surface area (TPSA) is 40.6 Å². The molecule has 1 saturated carbocycles. The molecule has 0 bridgehead atoms. The Hall–Kier alpha value is 0.160. The van der Waals surface area contributed by atoms with Gasteiger partial charge in [0.05, 0.1) is 0 Å². The molecule has 19 heavy (non-hydrogen) atoms. The molecule has 0 aromatic rings. The molecule has 1 saturated heterocycles. The van der Waals surface area contributed by atoms with Crippen molar-refractivity contribution in [2.75, 3.05) is 25.5 Å². The van der Waals surface area contributed by atoms with E-state index in [1.807, 2.05) is 0 Å². The van der Waals surface area contributed by atoms with Crippen molar-refractivity contribution in [3.05, 3.63) is 0 Å². The minimum atomic E-state index is -3.28. The van der Waals surface area contributed by atoms with E-state index >= 15 is 0 Å². The van der Waals surface area contributed by atoms with Crippen molar-refractivity contribution in [3.63, 3.8) is 0 Å². The highest BCUT2D eigenvalue weighted by molar-refractivity contribution is 7.86. The fourth-order valence-corrected chi connectivity index (χ4v) is 5.05. The van der Waals surface area contributed by atoms with Gasteiger partial charge in [-0.2, -0.15) is 17.0 Å². The zero-order chi connectivity index (χ0) is 13.9.